The Balaban J connectivity index is 1.70. The fourth-order valence-corrected chi connectivity index (χ4v) is 4.09. The van der Waals surface area contributed by atoms with Crippen LogP contribution in [0.2, 0.25) is 5.02 Å². The van der Waals surface area contributed by atoms with Crippen LogP contribution in [0.15, 0.2) is 98.2 Å². The molecule has 0 unspecified atom stereocenters. The molecule has 0 fully saturated rings. The molecule has 0 N–H and O–H groups in total. The molecule has 0 aliphatic rings. The highest BCUT2D eigenvalue weighted by molar-refractivity contribution is 9.10. The van der Waals surface area contributed by atoms with E-state index in [-0.39, 0.29) is 11.4 Å². The Kier molecular flexibility index (Phi) is 6.04. The first kappa shape index (κ1) is 22.1. The number of aromatic nitrogens is 2. The number of nitrogens with zero attached hydrogens (tertiary/aromatic N) is 3. The summed E-state index contributed by atoms with van der Waals surface area (Å²) < 4.78 is 13.8. The van der Waals surface area contributed by atoms with E-state index in [0.29, 0.717) is 45.2 Å². The van der Waals surface area contributed by atoms with E-state index in [1.54, 1.807) is 54.8 Å². The maximum atomic E-state index is 13.4. The van der Waals surface area contributed by atoms with Gasteiger partial charge < -0.3 is 9.15 Å². The standard InChI is InChI=1S/C26H17BrClN3O3/c1-2-11-33-22-9-7-18(27)12-17(22)15-29-31-25(30-21-6-4-3-5-20(21)26(31)32)24-14-16-13-19(28)8-10-23(16)34-24/h2-10,12-15H,1,11H2. The first-order chi connectivity index (χ1) is 16.5. The van der Waals surface area contributed by atoms with Crippen LogP contribution in [0.1, 0.15) is 5.56 Å². The predicted octanol–water partition coefficient (Wildman–Crippen LogP) is 6.67. The summed E-state index contributed by atoms with van der Waals surface area (Å²) in [4.78, 5) is 18.1. The zero-order valence-electron chi connectivity index (χ0n) is 17.7. The van der Waals surface area contributed by atoms with Gasteiger partial charge in [0, 0.05) is 20.4 Å². The van der Waals surface area contributed by atoms with Gasteiger partial charge in [0.05, 0.1) is 17.1 Å². The van der Waals surface area contributed by atoms with Crippen LogP contribution in [-0.4, -0.2) is 22.5 Å². The molecule has 3 aromatic carbocycles. The second-order valence-electron chi connectivity index (χ2n) is 7.39. The van der Waals surface area contributed by atoms with E-state index in [1.807, 2.05) is 24.3 Å². The zero-order valence-corrected chi connectivity index (χ0v) is 20.1. The summed E-state index contributed by atoms with van der Waals surface area (Å²) in [5, 5.41) is 6.33. The lowest BCUT2D eigenvalue weighted by molar-refractivity contribution is 0.362. The molecule has 0 bridgehead atoms. The van der Waals surface area contributed by atoms with Crippen molar-refractivity contribution in [3.05, 3.63) is 105 Å². The van der Waals surface area contributed by atoms with Crippen molar-refractivity contribution in [2.24, 2.45) is 5.10 Å². The van der Waals surface area contributed by atoms with E-state index < -0.39 is 0 Å². The fraction of sp³-hybridized carbons (Fsp3) is 0.0385. The molecular weight excluding hydrogens is 518 g/mol. The lowest BCUT2D eigenvalue weighted by Gasteiger charge is -2.09. The minimum atomic E-state index is -0.320. The molecule has 5 rings (SSSR count). The van der Waals surface area contributed by atoms with Crippen molar-refractivity contribution in [1.82, 2.24) is 9.66 Å². The summed E-state index contributed by atoms with van der Waals surface area (Å²) in [6.45, 7) is 4.03. The lowest BCUT2D eigenvalue weighted by Crippen LogP contribution is -2.20. The van der Waals surface area contributed by atoms with E-state index in [0.717, 1.165) is 9.86 Å². The van der Waals surface area contributed by atoms with Gasteiger partial charge in [-0.2, -0.15) is 9.78 Å². The highest BCUT2D eigenvalue weighted by Crippen LogP contribution is 2.29. The summed E-state index contributed by atoms with van der Waals surface area (Å²) in [7, 11) is 0. The molecule has 5 aromatic rings. The van der Waals surface area contributed by atoms with Crippen molar-refractivity contribution in [3.8, 4) is 17.3 Å². The largest absolute Gasteiger partial charge is 0.489 e. The molecule has 0 aliphatic heterocycles. The quantitative estimate of drug-likeness (QED) is 0.180. The molecule has 2 heterocycles. The molecule has 0 saturated carbocycles. The number of furan rings is 1. The van der Waals surface area contributed by atoms with E-state index in [2.05, 4.69) is 27.6 Å². The number of para-hydroxylation sites is 1. The van der Waals surface area contributed by atoms with Gasteiger partial charge >= 0.3 is 0 Å². The van der Waals surface area contributed by atoms with Crippen LogP contribution in [-0.2, 0) is 0 Å². The fourth-order valence-electron chi connectivity index (χ4n) is 3.54. The van der Waals surface area contributed by atoms with Crippen LogP contribution < -0.4 is 10.3 Å². The van der Waals surface area contributed by atoms with Crippen LogP contribution in [0.4, 0.5) is 0 Å². The molecule has 6 nitrogen and oxygen atoms in total. The topological polar surface area (TPSA) is 69.6 Å². The molecular formula is C26H17BrClN3O3. The van der Waals surface area contributed by atoms with Crippen molar-refractivity contribution in [3.63, 3.8) is 0 Å². The van der Waals surface area contributed by atoms with Gasteiger partial charge in [-0.05, 0) is 54.6 Å². The van der Waals surface area contributed by atoms with Crippen LogP contribution in [0.3, 0.4) is 0 Å². The molecule has 0 spiro atoms. The Bertz CT molecular complexity index is 1640. The van der Waals surface area contributed by atoms with Gasteiger partial charge in [-0.1, -0.05) is 52.3 Å². The Hall–Kier alpha value is -3.68. The van der Waals surface area contributed by atoms with Gasteiger partial charge in [-0.15, -0.1) is 0 Å². The summed E-state index contributed by atoms with van der Waals surface area (Å²) >= 11 is 9.60. The monoisotopic (exact) mass is 533 g/mol. The number of ether oxygens (including phenoxy) is 1. The van der Waals surface area contributed by atoms with Gasteiger partial charge in [0.1, 0.15) is 17.9 Å². The normalized spacial score (nSPS) is 11.5. The average molecular weight is 535 g/mol. The predicted molar refractivity (Wildman–Crippen MR) is 139 cm³/mol. The Labute approximate surface area is 207 Å². The number of halogens is 2. The van der Waals surface area contributed by atoms with Crippen molar-refractivity contribution in [2.45, 2.75) is 0 Å². The molecule has 0 saturated heterocycles. The Morgan fingerprint density at radius 3 is 2.85 bits per heavy atom. The molecule has 0 radical (unpaired) electrons. The van der Waals surface area contributed by atoms with E-state index >= 15 is 0 Å². The highest BCUT2D eigenvalue weighted by Gasteiger charge is 2.17. The van der Waals surface area contributed by atoms with Gasteiger partial charge in [0.2, 0.25) is 5.82 Å². The van der Waals surface area contributed by atoms with E-state index in [9.17, 15) is 4.79 Å². The average Bonchev–Trinajstić information content (AvgIpc) is 3.26. The molecule has 34 heavy (non-hydrogen) atoms. The van der Waals surface area contributed by atoms with Crippen LogP contribution in [0.5, 0.6) is 5.75 Å². The highest BCUT2D eigenvalue weighted by atomic mass is 79.9. The number of rotatable bonds is 6. The van der Waals surface area contributed by atoms with Crippen molar-refractivity contribution >= 4 is 55.6 Å². The first-order valence-corrected chi connectivity index (χ1v) is 11.5. The third kappa shape index (κ3) is 4.27. The lowest BCUT2D eigenvalue weighted by atomic mass is 10.2. The van der Waals surface area contributed by atoms with E-state index in [4.69, 9.17) is 25.7 Å². The summed E-state index contributed by atoms with van der Waals surface area (Å²) in [5.41, 5.74) is 1.53. The second kappa shape index (κ2) is 9.29. The summed E-state index contributed by atoms with van der Waals surface area (Å²) in [6.07, 6.45) is 3.22. The van der Waals surface area contributed by atoms with Gasteiger partial charge in [-0.3, -0.25) is 4.79 Å². The molecule has 2 aromatic heterocycles. The van der Waals surface area contributed by atoms with Crippen molar-refractivity contribution < 1.29 is 9.15 Å². The minimum absolute atomic E-state index is 0.274. The van der Waals surface area contributed by atoms with Crippen molar-refractivity contribution in [2.75, 3.05) is 6.61 Å². The number of benzene rings is 3. The maximum Gasteiger partial charge on any atom is 0.282 e. The van der Waals surface area contributed by atoms with Crippen molar-refractivity contribution in [1.29, 1.82) is 0 Å². The Morgan fingerprint density at radius 2 is 2.00 bits per heavy atom. The SMILES string of the molecule is C=CCOc1ccc(Br)cc1C=Nn1c(-c2cc3cc(Cl)ccc3o2)nc2ccccc2c1=O. The third-order valence-corrected chi connectivity index (χ3v) is 5.82. The molecule has 168 valence electrons. The van der Waals surface area contributed by atoms with Crippen LogP contribution in [0, 0.1) is 0 Å². The van der Waals surface area contributed by atoms with Gasteiger partial charge in [0.15, 0.2) is 5.76 Å². The summed E-state index contributed by atoms with van der Waals surface area (Å²) in [5.74, 6) is 1.28. The molecule has 0 atom stereocenters. The Morgan fingerprint density at radius 1 is 1.15 bits per heavy atom. The molecule has 0 amide bonds. The first-order valence-electron chi connectivity index (χ1n) is 10.3. The molecule has 8 heteroatoms. The second-order valence-corrected chi connectivity index (χ2v) is 8.74. The minimum Gasteiger partial charge on any atom is -0.489 e. The summed E-state index contributed by atoms with van der Waals surface area (Å²) in [6, 6.07) is 19.8. The zero-order chi connectivity index (χ0) is 23.7. The van der Waals surface area contributed by atoms with Crippen LogP contribution >= 0.6 is 27.5 Å². The maximum absolute atomic E-state index is 13.4. The van der Waals surface area contributed by atoms with Gasteiger partial charge in [-0.25, -0.2) is 4.98 Å². The number of fused-ring (bicyclic) bond motifs is 2. The smallest absolute Gasteiger partial charge is 0.282 e. The number of hydrogen-bond acceptors (Lipinski definition) is 5. The third-order valence-electron chi connectivity index (χ3n) is 5.09. The molecule has 0 aliphatic carbocycles. The van der Waals surface area contributed by atoms with E-state index in [1.165, 1.54) is 4.68 Å². The number of hydrogen-bond donors (Lipinski definition) is 0. The van der Waals surface area contributed by atoms with Crippen LogP contribution in [0.25, 0.3) is 33.5 Å². The van der Waals surface area contributed by atoms with Gasteiger partial charge in [0.25, 0.3) is 5.56 Å².